The molecule has 1 aromatic carbocycles. The van der Waals surface area contributed by atoms with E-state index in [2.05, 4.69) is 15.4 Å². The molecule has 6 nitrogen and oxygen atoms in total. The molecule has 1 aromatic rings. The van der Waals surface area contributed by atoms with Crippen molar-refractivity contribution < 1.29 is 13.2 Å². The van der Waals surface area contributed by atoms with Gasteiger partial charge < -0.3 is 10.6 Å². The maximum absolute atomic E-state index is 11.9. The van der Waals surface area contributed by atoms with Gasteiger partial charge in [0.2, 0.25) is 15.9 Å². The summed E-state index contributed by atoms with van der Waals surface area (Å²) in [6, 6.07) is 6.64. The molecule has 0 aromatic heterocycles. The van der Waals surface area contributed by atoms with Crippen LogP contribution in [-0.2, 0) is 21.2 Å². The zero-order valence-electron chi connectivity index (χ0n) is 14.6. The first-order chi connectivity index (χ1) is 11.5. The van der Waals surface area contributed by atoms with E-state index in [-0.39, 0.29) is 23.2 Å². The number of sulfonamides is 1. The molecule has 3 N–H and O–H groups in total. The topological polar surface area (TPSA) is 87.3 Å². The van der Waals surface area contributed by atoms with Crippen molar-refractivity contribution in [3.63, 3.8) is 0 Å². The van der Waals surface area contributed by atoms with Gasteiger partial charge in [-0.1, -0.05) is 12.1 Å². The Kier molecular flexibility index (Phi) is 9.42. The molecule has 0 spiro atoms. The van der Waals surface area contributed by atoms with Gasteiger partial charge in [0, 0.05) is 13.0 Å². The molecular formula is C17H28ClN3O3S. The predicted molar refractivity (Wildman–Crippen MR) is 101 cm³/mol. The minimum atomic E-state index is -3.40. The molecule has 8 heteroatoms. The Bertz CT molecular complexity index is 629. The van der Waals surface area contributed by atoms with E-state index in [1.54, 1.807) is 24.3 Å². The minimum Gasteiger partial charge on any atom is -0.356 e. The highest BCUT2D eigenvalue weighted by molar-refractivity contribution is 7.89. The predicted octanol–water partition coefficient (Wildman–Crippen LogP) is 1.45. The summed E-state index contributed by atoms with van der Waals surface area (Å²) in [4.78, 5) is 12.1. The highest BCUT2D eigenvalue weighted by Gasteiger charge is 2.13. The van der Waals surface area contributed by atoms with Crippen LogP contribution in [-0.4, -0.2) is 41.0 Å². The van der Waals surface area contributed by atoms with Crippen LogP contribution in [0.4, 0.5) is 0 Å². The Hall–Kier alpha value is -1.15. The van der Waals surface area contributed by atoms with E-state index >= 15 is 0 Å². The monoisotopic (exact) mass is 389 g/mol. The van der Waals surface area contributed by atoms with E-state index in [1.807, 2.05) is 0 Å². The lowest BCUT2D eigenvalue weighted by Gasteiger charge is -2.22. The first-order valence-corrected chi connectivity index (χ1v) is 9.99. The lowest BCUT2D eigenvalue weighted by atomic mass is 9.96. The molecule has 1 aliphatic heterocycles. The van der Waals surface area contributed by atoms with Crippen molar-refractivity contribution in [2.75, 3.05) is 26.7 Å². The highest BCUT2D eigenvalue weighted by atomic mass is 35.5. The van der Waals surface area contributed by atoms with Gasteiger partial charge in [-0.25, -0.2) is 13.1 Å². The van der Waals surface area contributed by atoms with E-state index in [9.17, 15) is 13.2 Å². The Morgan fingerprint density at radius 1 is 1.28 bits per heavy atom. The van der Waals surface area contributed by atoms with Crippen LogP contribution in [0.2, 0.25) is 0 Å². The number of nitrogens with one attached hydrogen (secondary N) is 3. The molecule has 1 saturated heterocycles. The third-order valence-electron chi connectivity index (χ3n) is 4.42. The number of aryl methyl sites for hydroxylation is 1. The van der Waals surface area contributed by atoms with Crippen molar-refractivity contribution in [3.05, 3.63) is 29.8 Å². The van der Waals surface area contributed by atoms with Crippen LogP contribution in [0.15, 0.2) is 29.2 Å². The van der Waals surface area contributed by atoms with Crippen molar-refractivity contribution in [2.24, 2.45) is 5.92 Å². The summed E-state index contributed by atoms with van der Waals surface area (Å²) in [7, 11) is -2.02. The van der Waals surface area contributed by atoms with E-state index < -0.39 is 10.0 Å². The number of carbonyl (C=O) groups excluding carboxylic acids is 1. The summed E-state index contributed by atoms with van der Waals surface area (Å²) in [6.45, 7) is 2.89. The van der Waals surface area contributed by atoms with Crippen molar-refractivity contribution in [3.8, 4) is 0 Å². The maximum Gasteiger partial charge on any atom is 0.240 e. The Morgan fingerprint density at radius 2 is 2.00 bits per heavy atom. The molecule has 2 rings (SSSR count). The van der Waals surface area contributed by atoms with Gasteiger partial charge in [-0.15, -0.1) is 12.4 Å². The molecular weight excluding hydrogens is 362 g/mol. The largest absolute Gasteiger partial charge is 0.356 e. The number of benzene rings is 1. The fourth-order valence-corrected chi connectivity index (χ4v) is 3.62. The average Bonchev–Trinajstić information content (AvgIpc) is 2.61. The third-order valence-corrected chi connectivity index (χ3v) is 5.85. The second-order valence-electron chi connectivity index (χ2n) is 6.20. The smallest absolute Gasteiger partial charge is 0.240 e. The standard InChI is InChI=1S/C17H27N3O3S.ClH/c1-18-24(22,23)16-7-4-14(5-8-16)6-9-17(21)20-12-10-15-3-2-11-19-13-15;/h4-5,7-8,15,18-19H,2-3,6,9-13H2,1H3,(H,20,21);1H. The summed E-state index contributed by atoms with van der Waals surface area (Å²) in [6.07, 6.45) is 4.51. The molecule has 1 atom stereocenters. The Morgan fingerprint density at radius 3 is 2.60 bits per heavy atom. The fraction of sp³-hybridized carbons (Fsp3) is 0.588. The maximum atomic E-state index is 11.9. The molecule has 0 radical (unpaired) electrons. The van der Waals surface area contributed by atoms with Crippen LogP contribution in [0.25, 0.3) is 0 Å². The van der Waals surface area contributed by atoms with Gasteiger partial charge in [-0.3, -0.25) is 4.79 Å². The number of amides is 1. The zero-order valence-corrected chi connectivity index (χ0v) is 16.2. The van der Waals surface area contributed by atoms with E-state index in [1.165, 1.54) is 19.9 Å². The quantitative estimate of drug-likeness (QED) is 0.628. The van der Waals surface area contributed by atoms with Crippen LogP contribution in [0.3, 0.4) is 0 Å². The fourth-order valence-electron chi connectivity index (χ4n) is 2.89. The van der Waals surface area contributed by atoms with E-state index in [0.717, 1.165) is 31.6 Å². The van der Waals surface area contributed by atoms with Gasteiger partial charge in [0.25, 0.3) is 0 Å². The summed E-state index contributed by atoms with van der Waals surface area (Å²) in [5.41, 5.74) is 0.955. The Balaban J connectivity index is 0.00000312. The SMILES string of the molecule is CNS(=O)(=O)c1ccc(CCC(=O)NCCC2CCCNC2)cc1.Cl. The van der Waals surface area contributed by atoms with Gasteiger partial charge >= 0.3 is 0 Å². The van der Waals surface area contributed by atoms with Crippen LogP contribution in [0.1, 0.15) is 31.2 Å². The molecule has 1 amide bonds. The third kappa shape index (κ3) is 7.32. The molecule has 142 valence electrons. The first kappa shape index (κ1) is 21.9. The number of hydrogen-bond acceptors (Lipinski definition) is 4. The van der Waals surface area contributed by atoms with Crippen molar-refractivity contribution >= 4 is 28.3 Å². The highest BCUT2D eigenvalue weighted by Crippen LogP contribution is 2.13. The van der Waals surface area contributed by atoms with Gasteiger partial charge in [0.1, 0.15) is 0 Å². The van der Waals surface area contributed by atoms with E-state index in [4.69, 9.17) is 0 Å². The van der Waals surface area contributed by atoms with E-state index in [0.29, 0.717) is 18.8 Å². The molecule has 25 heavy (non-hydrogen) atoms. The number of piperidine rings is 1. The van der Waals surface area contributed by atoms with Crippen LogP contribution < -0.4 is 15.4 Å². The van der Waals surface area contributed by atoms with Gasteiger partial charge in [0.15, 0.2) is 0 Å². The summed E-state index contributed by atoms with van der Waals surface area (Å²) < 4.78 is 25.6. The molecule has 0 bridgehead atoms. The van der Waals surface area contributed by atoms with Gasteiger partial charge in [-0.05, 0) is 69.4 Å². The summed E-state index contributed by atoms with van der Waals surface area (Å²) >= 11 is 0. The lowest BCUT2D eigenvalue weighted by Crippen LogP contribution is -2.33. The van der Waals surface area contributed by atoms with Crippen LogP contribution >= 0.6 is 12.4 Å². The molecule has 1 unspecified atom stereocenters. The summed E-state index contributed by atoms with van der Waals surface area (Å²) in [5.74, 6) is 0.714. The van der Waals surface area contributed by atoms with Crippen LogP contribution in [0, 0.1) is 5.92 Å². The first-order valence-electron chi connectivity index (χ1n) is 8.51. The second-order valence-corrected chi connectivity index (χ2v) is 8.09. The zero-order chi connectivity index (χ0) is 17.4. The normalized spacial score (nSPS) is 17.6. The van der Waals surface area contributed by atoms with Crippen molar-refractivity contribution in [1.82, 2.24) is 15.4 Å². The number of halogens is 1. The average molecular weight is 390 g/mol. The molecule has 0 saturated carbocycles. The minimum absolute atomic E-state index is 0. The van der Waals surface area contributed by atoms with Crippen molar-refractivity contribution in [1.29, 1.82) is 0 Å². The van der Waals surface area contributed by atoms with Gasteiger partial charge in [0.05, 0.1) is 4.90 Å². The molecule has 1 heterocycles. The van der Waals surface area contributed by atoms with Crippen molar-refractivity contribution in [2.45, 2.75) is 37.0 Å². The second kappa shape index (κ2) is 10.8. The molecule has 1 fully saturated rings. The lowest BCUT2D eigenvalue weighted by molar-refractivity contribution is -0.121. The number of rotatable bonds is 8. The Labute approximate surface area is 156 Å². The molecule has 0 aliphatic carbocycles. The molecule has 1 aliphatic rings. The van der Waals surface area contributed by atoms with Gasteiger partial charge in [-0.2, -0.15) is 0 Å². The summed E-state index contributed by atoms with van der Waals surface area (Å²) in [5, 5.41) is 6.35. The van der Waals surface area contributed by atoms with Crippen LogP contribution in [0.5, 0.6) is 0 Å². The number of hydrogen-bond donors (Lipinski definition) is 3. The number of carbonyl (C=O) groups is 1.